The highest BCUT2D eigenvalue weighted by Gasteiger charge is 2.16. The maximum absolute atomic E-state index is 10.9. The number of nitriles is 1. The van der Waals surface area contributed by atoms with Gasteiger partial charge in [0, 0.05) is 15.6 Å². The number of hydrogen-bond acceptors (Lipinski definition) is 3. The van der Waals surface area contributed by atoms with E-state index in [9.17, 15) is 4.79 Å². The highest BCUT2D eigenvalue weighted by atomic mass is 35.5. The van der Waals surface area contributed by atoms with Gasteiger partial charge in [-0.25, -0.2) is 9.48 Å². The van der Waals surface area contributed by atoms with E-state index in [0.717, 1.165) is 5.56 Å². The van der Waals surface area contributed by atoms with Crippen LogP contribution in [-0.4, -0.2) is 20.9 Å². The molecule has 0 amide bonds. The number of rotatable bonds is 4. The van der Waals surface area contributed by atoms with Gasteiger partial charge in [-0.3, -0.25) is 0 Å². The zero-order chi connectivity index (χ0) is 17.1. The molecular formula is C15H10Cl3N3O2. The van der Waals surface area contributed by atoms with Gasteiger partial charge in [-0.05, 0) is 30.7 Å². The van der Waals surface area contributed by atoms with Crippen LogP contribution >= 0.6 is 34.8 Å². The molecule has 5 nitrogen and oxygen atoms in total. The summed E-state index contributed by atoms with van der Waals surface area (Å²) in [5.74, 6) is -1.32. The van der Waals surface area contributed by atoms with E-state index in [0.29, 0.717) is 27.8 Å². The first-order valence-corrected chi connectivity index (χ1v) is 7.48. The van der Waals surface area contributed by atoms with Crippen LogP contribution in [0.4, 0.5) is 0 Å². The lowest BCUT2D eigenvalue weighted by Crippen LogP contribution is -2.02. The van der Waals surface area contributed by atoms with Crippen LogP contribution in [0.25, 0.3) is 6.08 Å². The lowest BCUT2D eigenvalue weighted by Gasteiger charge is -2.06. The summed E-state index contributed by atoms with van der Waals surface area (Å²) in [6, 6.07) is 6.68. The second kappa shape index (κ2) is 7.05. The standard InChI is InChI=1S/C15H10Cl3N3O2/c1-8-12(4-10(6-19)15(22)23)14(18)21(20-8)7-9-2-3-11(16)5-13(9)17/h2-5H,7H2,1H3,(H,22,23)/b10-4-. The Labute approximate surface area is 147 Å². The maximum Gasteiger partial charge on any atom is 0.346 e. The fourth-order valence-corrected chi connectivity index (χ4v) is 2.69. The number of aromatic nitrogens is 2. The van der Waals surface area contributed by atoms with Crippen LogP contribution < -0.4 is 0 Å². The van der Waals surface area contributed by atoms with Crippen molar-refractivity contribution in [1.29, 1.82) is 5.26 Å². The van der Waals surface area contributed by atoms with E-state index in [2.05, 4.69) is 5.10 Å². The van der Waals surface area contributed by atoms with Crippen LogP contribution in [0, 0.1) is 18.3 Å². The van der Waals surface area contributed by atoms with Gasteiger partial charge in [-0.1, -0.05) is 40.9 Å². The van der Waals surface area contributed by atoms with Crippen molar-refractivity contribution < 1.29 is 9.90 Å². The van der Waals surface area contributed by atoms with Crippen molar-refractivity contribution in [3.8, 4) is 6.07 Å². The molecule has 0 saturated heterocycles. The minimum absolute atomic E-state index is 0.225. The zero-order valence-corrected chi connectivity index (χ0v) is 14.1. The molecule has 8 heteroatoms. The summed E-state index contributed by atoms with van der Waals surface area (Å²) in [7, 11) is 0. The van der Waals surface area contributed by atoms with E-state index < -0.39 is 11.5 Å². The summed E-state index contributed by atoms with van der Waals surface area (Å²) < 4.78 is 1.48. The third-order valence-corrected chi connectivity index (χ3v) is 4.07. The molecule has 0 spiro atoms. The van der Waals surface area contributed by atoms with Crippen LogP contribution in [0.15, 0.2) is 23.8 Å². The molecule has 1 heterocycles. The molecule has 0 radical (unpaired) electrons. The molecule has 0 aliphatic heterocycles. The molecule has 0 atom stereocenters. The molecule has 1 aromatic heterocycles. The van der Waals surface area contributed by atoms with Crippen molar-refractivity contribution in [2.75, 3.05) is 0 Å². The summed E-state index contributed by atoms with van der Waals surface area (Å²) in [6.45, 7) is 1.97. The Hall–Kier alpha value is -2.00. The molecule has 0 fully saturated rings. The summed E-state index contributed by atoms with van der Waals surface area (Å²) in [5.41, 5.74) is 1.23. The molecule has 2 aromatic rings. The smallest absolute Gasteiger partial charge is 0.346 e. The SMILES string of the molecule is Cc1nn(Cc2ccc(Cl)cc2Cl)c(Cl)c1/C=C(/C#N)C(=O)O. The lowest BCUT2D eigenvalue weighted by molar-refractivity contribution is -0.132. The molecule has 0 saturated carbocycles. The Morgan fingerprint density at radius 3 is 2.70 bits per heavy atom. The van der Waals surface area contributed by atoms with Crippen molar-refractivity contribution in [2.24, 2.45) is 0 Å². The second-order valence-corrected chi connectivity index (χ2v) is 5.86. The van der Waals surface area contributed by atoms with E-state index in [4.69, 9.17) is 45.2 Å². The first-order chi connectivity index (χ1) is 10.8. The van der Waals surface area contributed by atoms with Gasteiger partial charge in [0.1, 0.15) is 16.8 Å². The van der Waals surface area contributed by atoms with E-state index in [1.165, 1.54) is 10.8 Å². The summed E-state index contributed by atoms with van der Waals surface area (Å²) in [6.07, 6.45) is 1.20. The first-order valence-electron chi connectivity index (χ1n) is 6.35. The number of aliphatic carboxylic acids is 1. The number of hydrogen-bond donors (Lipinski definition) is 1. The van der Waals surface area contributed by atoms with Crippen LogP contribution in [-0.2, 0) is 11.3 Å². The van der Waals surface area contributed by atoms with Crippen molar-refractivity contribution in [1.82, 2.24) is 9.78 Å². The van der Waals surface area contributed by atoms with Crippen LogP contribution in [0.1, 0.15) is 16.8 Å². The van der Waals surface area contributed by atoms with Gasteiger partial charge in [0.05, 0.1) is 12.2 Å². The first kappa shape index (κ1) is 17.4. The van der Waals surface area contributed by atoms with E-state index in [-0.39, 0.29) is 5.15 Å². The fraction of sp³-hybridized carbons (Fsp3) is 0.133. The predicted octanol–water partition coefficient (Wildman–Crippen LogP) is 4.19. The number of carbonyl (C=O) groups is 1. The Kier molecular flexibility index (Phi) is 5.32. The minimum Gasteiger partial charge on any atom is -0.477 e. The zero-order valence-electron chi connectivity index (χ0n) is 11.8. The normalized spacial score (nSPS) is 11.3. The summed E-state index contributed by atoms with van der Waals surface area (Å²) in [5, 5.41) is 23.3. The molecule has 1 N–H and O–H groups in total. The van der Waals surface area contributed by atoms with Gasteiger partial charge in [0.15, 0.2) is 0 Å². The monoisotopic (exact) mass is 369 g/mol. The molecule has 0 aliphatic rings. The van der Waals surface area contributed by atoms with Crippen molar-refractivity contribution in [3.63, 3.8) is 0 Å². The van der Waals surface area contributed by atoms with Crippen molar-refractivity contribution >= 4 is 46.8 Å². The van der Waals surface area contributed by atoms with E-state index >= 15 is 0 Å². The Balaban J connectivity index is 2.42. The summed E-state index contributed by atoms with van der Waals surface area (Å²) in [4.78, 5) is 10.9. The van der Waals surface area contributed by atoms with Crippen LogP contribution in [0.5, 0.6) is 0 Å². The molecule has 2 rings (SSSR count). The van der Waals surface area contributed by atoms with Gasteiger partial charge in [-0.15, -0.1) is 0 Å². The van der Waals surface area contributed by atoms with Crippen molar-refractivity contribution in [3.05, 3.63) is 55.8 Å². The van der Waals surface area contributed by atoms with Gasteiger partial charge in [0.2, 0.25) is 0 Å². The second-order valence-electron chi connectivity index (χ2n) is 4.66. The molecule has 0 aliphatic carbocycles. The van der Waals surface area contributed by atoms with Gasteiger partial charge in [0.25, 0.3) is 0 Å². The Morgan fingerprint density at radius 1 is 1.43 bits per heavy atom. The van der Waals surface area contributed by atoms with Gasteiger partial charge in [-0.2, -0.15) is 10.4 Å². The molecule has 0 unspecified atom stereocenters. The van der Waals surface area contributed by atoms with E-state index in [1.54, 1.807) is 31.2 Å². The van der Waals surface area contributed by atoms with Crippen molar-refractivity contribution in [2.45, 2.75) is 13.5 Å². The topological polar surface area (TPSA) is 78.9 Å². The van der Waals surface area contributed by atoms with Gasteiger partial charge < -0.3 is 5.11 Å². The maximum atomic E-state index is 10.9. The quantitative estimate of drug-likeness (QED) is 0.646. The highest BCUT2D eigenvalue weighted by molar-refractivity contribution is 6.35. The van der Waals surface area contributed by atoms with Crippen LogP contribution in [0.2, 0.25) is 15.2 Å². The largest absolute Gasteiger partial charge is 0.477 e. The van der Waals surface area contributed by atoms with Gasteiger partial charge >= 0.3 is 5.97 Å². The number of carboxylic acids is 1. The number of carboxylic acid groups (broad SMARTS) is 1. The lowest BCUT2D eigenvalue weighted by atomic mass is 10.1. The number of nitrogens with zero attached hydrogens (tertiary/aromatic N) is 3. The molecule has 118 valence electrons. The molecule has 0 bridgehead atoms. The summed E-state index contributed by atoms with van der Waals surface area (Å²) >= 11 is 18.2. The number of aryl methyl sites for hydroxylation is 1. The van der Waals surface area contributed by atoms with E-state index in [1.807, 2.05) is 0 Å². The number of halogens is 3. The average molecular weight is 371 g/mol. The molecule has 23 heavy (non-hydrogen) atoms. The minimum atomic E-state index is -1.32. The molecule has 1 aromatic carbocycles. The third-order valence-electron chi connectivity index (χ3n) is 3.08. The predicted molar refractivity (Wildman–Crippen MR) is 88.8 cm³/mol. The fourth-order valence-electron chi connectivity index (χ4n) is 1.93. The average Bonchev–Trinajstić information content (AvgIpc) is 2.74. The van der Waals surface area contributed by atoms with Crippen LogP contribution in [0.3, 0.4) is 0 Å². The number of benzene rings is 1. The Bertz CT molecular complexity index is 850. The Morgan fingerprint density at radius 2 is 2.13 bits per heavy atom. The molecular weight excluding hydrogens is 361 g/mol. The third kappa shape index (κ3) is 3.85. The highest BCUT2D eigenvalue weighted by Crippen LogP contribution is 2.26.